The molecule has 0 aliphatic rings. The Kier molecular flexibility index (Phi) is 6.97. The lowest BCUT2D eigenvalue weighted by atomic mass is 10.2. The van der Waals surface area contributed by atoms with E-state index in [1.807, 2.05) is 20.8 Å². The molecule has 0 fully saturated rings. The van der Waals surface area contributed by atoms with E-state index in [2.05, 4.69) is 25.2 Å². The van der Waals surface area contributed by atoms with Gasteiger partial charge in [0.15, 0.2) is 0 Å². The maximum atomic E-state index is 12.2. The zero-order valence-electron chi connectivity index (χ0n) is 13.2. The summed E-state index contributed by atoms with van der Waals surface area (Å²) in [6.07, 6.45) is 2.39. The normalized spacial score (nSPS) is 13.1. The first-order chi connectivity index (χ1) is 9.94. The van der Waals surface area contributed by atoms with Gasteiger partial charge in [-0.15, -0.1) is 10.2 Å². The zero-order valence-corrected chi connectivity index (χ0v) is 14.0. The van der Waals surface area contributed by atoms with Crippen molar-refractivity contribution in [2.75, 3.05) is 17.8 Å². The molecule has 8 heteroatoms. The monoisotopic (exact) mass is 315 g/mol. The van der Waals surface area contributed by atoms with Gasteiger partial charge in [-0.05, 0) is 32.7 Å². The standard InChI is InChI=1S/C13H25N5O2S/c1-5-8-14-9-10(4)21(19,20)18-13-15-11(6-2)12(7-3)16-17-13/h10,14H,5-9H2,1-4H3,(H,15,17,18). The van der Waals surface area contributed by atoms with E-state index in [0.717, 1.165) is 30.8 Å². The molecule has 120 valence electrons. The Labute approximate surface area is 127 Å². The van der Waals surface area contributed by atoms with E-state index in [4.69, 9.17) is 0 Å². The van der Waals surface area contributed by atoms with E-state index < -0.39 is 15.3 Å². The minimum atomic E-state index is -3.52. The van der Waals surface area contributed by atoms with Crippen LogP contribution in [0, 0.1) is 0 Å². The summed E-state index contributed by atoms with van der Waals surface area (Å²) in [5.74, 6) is 0.0476. The van der Waals surface area contributed by atoms with Gasteiger partial charge in [-0.3, -0.25) is 0 Å². The number of sulfonamides is 1. The van der Waals surface area contributed by atoms with Crippen molar-refractivity contribution in [1.82, 2.24) is 20.5 Å². The van der Waals surface area contributed by atoms with Crippen LogP contribution in [0.15, 0.2) is 0 Å². The van der Waals surface area contributed by atoms with E-state index >= 15 is 0 Å². The highest BCUT2D eigenvalue weighted by atomic mass is 32.2. The second-order valence-electron chi connectivity index (χ2n) is 4.90. The predicted octanol–water partition coefficient (Wildman–Crippen LogP) is 1.13. The van der Waals surface area contributed by atoms with Gasteiger partial charge in [-0.2, -0.15) is 0 Å². The SMILES string of the molecule is CCCNCC(C)S(=O)(=O)Nc1nnc(CC)c(CC)n1. The molecule has 1 aromatic rings. The van der Waals surface area contributed by atoms with Crippen LogP contribution in [0.25, 0.3) is 0 Å². The topological polar surface area (TPSA) is 96.9 Å². The lowest BCUT2D eigenvalue weighted by Crippen LogP contribution is -2.35. The Hall–Kier alpha value is -1.28. The molecule has 0 saturated heterocycles. The first-order valence-corrected chi connectivity index (χ1v) is 8.94. The molecule has 0 amide bonds. The molecule has 1 heterocycles. The Balaban J connectivity index is 2.79. The summed E-state index contributed by atoms with van der Waals surface area (Å²) in [5, 5.41) is 10.4. The molecule has 0 aliphatic carbocycles. The molecular formula is C13H25N5O2S. The lowest BCUT2D eigenvalue weighted by molar-refractivity contribution is 0.575. The molecule has 0 aliphatic heterocycles. The number of nitrogens with zero attached hydrogens (tertiary/aromatic N) is 3. The molecule has 1 rings (SSSR count). The highest BCUT2D eigenvalue weighted by molar-refractivity contribution is 7.93. The molecule has 0 bridgehead atoms. The fraction of sp³-hybridized carbons (Fsp3) is 0.769. The maximum Gasteiger partial charge on any atom is 0.256 e. The van der Waals surface area contributed by atoms with Crippen LogP contribution in [0.5, 0.6) is 0 Å². The van der Waals surface area contributed by atoms with E-state index in [-0.39, 0.29) is 5.95 Å². The van der Waals surface area contributed by atoms with Gasteiger partial charge in [0, 0.05) is 6.54 Å². The smallest absolute Gasteiger partial charge is 0.256 e. The van der Waals surface area contributed by atoms with Crippen LogP contribution >= 0.6 is 0 Å². The Bertz CT molecular complexity index is 547. The molecule has 1 aromatic heterocycles. The summed E-state index contributed by atoms with van der Waals surface area (Å²) >= 11 is 0. The van der Waals surface area contributed by atoms with Crippen LogP contribution in [0.1, 0.15) is 45.5 Å². The van der Waals surface area contributed by atoms with Crippen molar-refractivity contribution in [3.8, 4) is 0 Å². The first-order valence-electron chi connectivity index (χ1n) is 7.39. The Morgan fingerprint density at radius 1 is 1.10 bits per heavy atom. The van der Waals surface area contributed by atoms with Crippen molar-refractivity contribution in [3.05, 3.63) is 11.4 Å². The number of aryl methyl sites for hydroxylation is 2. The average molecular weight is 315 g/mol. The second kappa shape index (κ2) is 8.23. The number of nitrogens with one attached hydrogen (secondary N) is 2. The molecule has 2 N–H and O–H groups in total. The predicted molar refractivity (Wildman–Crippen MR) is 83.7 cm³/mol. The zero-order chi connectivity index (χ0) is 15.9. The van der Waals surface area contributed by atoms with Crippen LogP contribution in [0.3, 0.4) is 0 Å². The Morgan fingerprint density at radius 3 is 2.33 bits per heavy atom. The lowest BCUT2D eigenvalue weighted by Gasteiger charge is -2.14. The van der Waals surface area contributed by atoms with E-state index in [9.17, 15) is 8.42 Å². The highest BCUT2D eigenvalue weighted by Gasteiger charge is 2.22. The third-order valence-electron chi connectivity index (χ3n) is 3.13. The van der Waals surface area contributed by atoms with Gasteiger partial charge in [-0.25, -0.2) is 18.1 Å². The number of hydrogen-bond donors (Lipinski definition) is 2. The number of rotatable bonds is 9. The molecule has 0 radical (unpaired) electrons. The number of hydrogen-bond acceptors (Lipinski definition) is 6. The van der Waals surface area contributed by atoms with Gasteiger partial charge in [0.2, 0.25) is 10.0 Å². The summed E-state index contributed by atoms with van der Waals surface area (Å²) in [4.78, 5) is 4.24. The largest absolute Gasteiger partial charge is 0.315 e. The van der Waals surface area contributed by atoms with Crippen LogP contribution < -0.4 is 10.0 Å². The van der Waals surface area contributed by atoms with E-state index in [1.54, 1.807) is 6.92 Å². The van der Waals surface area contributed by atoms with E-state index in [0.29, 0.717) is 13.0 Å². The van der Waals surface area contributed by atoms with Gasteiger partial charge in [0.1, 0.15) is 0 Å². The minimum Gasteiger partial charge on any atom is -0.315 e. The number of aromatic nitrogens is 3. The van der Waals surface area contributed by atoms with Crippen molar-refractivity contribution < 1.29 is 8.42 Å². The fourth-order valence-corrected chi connectivity index (χ4v) is 2.68. The molecular weight excluding hydrogens is 290 g/mol. The molecule has 0 saturated carbocycles. The summed E-state index contributed by atoms with van der Waals surface area (Å²) in [7, 11) is -3.52. The third-order valence-corrected chi connectivity index (χ3v) is 4.82. The van der Waals surface area contributed by atoms with Crippen LogP contribution in [0.4, 0.5) is 5.95 Å². The summed E-state index contributed by atoms with van der Waals surface area (Å²) in [6.45, 7) is 8.80. The van der Waals surface area contributed by atoms with Crippen LogP contribution in [-0.2, 0) is 22.9 Å². The molecule has 1 atom stereocenters. The van der Waals surface area contributed by atoms with Gasteiger partial charge in [0.25, 0.3) is 5.95 Å². The molecule has 1 unspecified atom stereocenters. The van der Waals surface area contributed by atoms with Crippen molar-refractivity contribution >= 4 is 16.0 Å². The average Bonchev–Trinajstić information content (AvgIpc) is 2.46. The first kappa shape index (κ1) is 17.8. The van der Waals surface area contributed by atoms with Crippen molar-refractivity contribution in [3.63, 3.8) is 0 Å². The molecule has 0 spiro atoms. The summed E-state index contributed by atoms with van der Waals surface area (Å²) in [6, 6.07) is 0. The fourth-order valence-electron chi connectivity index (χ4n) is 1.80. The minimum absolute atomic E-state index is 0.0476. The second-order valence-corrected chi connectivity index (χ2v) is 7.00. The third kappa shape index (κ3) is 5.20. The van der Waals surface area contributed by atoms with Crippen molar-refractivity contribution in [2.24, 2.45) is 0 Å². The molecule has 0 aromatic carbocycles. The van der Waals surface area contributed by atoms with Crippen molar-refractivity contribution in [2.45, 2.75) is 52.2 Å². The van der Waals surface area contributed by atoms with Gasteiger partial charge in [0.05, 0.1) is 16.6 Å². The quantitative estimate of drug-likeness (QED) is 0.663. The molecule has 21 heavy (non-hydrogen) atoms. The summed E-state index contributed by atoms with van der Waals surface area (Å²) < 4.78 is 26.8. The highest BCUT2D eigenvalue weighted by Crippen LogP contribution is 2.10. The van der Waals surface area contributed by atoms with Gasteiger partial charge < -0.3 is 5.32 Å². The summed E-state index contributed by atoms with van der Waals surface area (Å²) in [5.41, 5.74) is 1.58. The maximum absolute atomic E-state index is 12.2. The van der Waals surface area contributed by atoms with E-state index in [1.165, 1.54) is 0 Å². The van der Waals surface area contributed by atoms with Gasteiger partial charge >= 0.3 is 0 Å². The van der Waals surface area contributed by atoms with Crippen molar-refractivity contribution in [1.29, 1.82) is 0 Å². The molecule has 7 nitrogen and oxygen atoms in total. The van der Waals surface area contributed by atoms with Crippen LogP contribution in [-0.4, -0.2) is 41.9 Å². The van der Waals surface area contributed by atoms with Gasteiger partial charge in [-0.1, -0.05) is 20.8 Å². The number of anilines is 1. The van der Waals surface area contributed by atoms with Crippen LogP contribution in [0.2, 0.25) is 0 Å². The Morgan fingerprint density at radius 2 is 1.76 bits per heavy atom.